The maximum absolute atomic E-state index is 17.8. The van der Waals surface area contributed by atoms with E-state index in [1.807, 2.05) is 13.0 Å². The van der Waals surface area contributed by atoms with Crippen LogP contribution in [0, 0.1) is 42.7 Å². The highest BCUT2D eigenvalue weighted by molar-refractivity contribution is 6.15. The topological polar surface area (TPSA) is 73.9 Å². The molecule has 1 saturated carbocycles. The van der Waals surface area contributed by atoms with Gasteiger partial charge in [-0.2, -0.15) is 13.2 Å². The van der Waals surface area contributed by atoms with Crippen molar-refractivity contribution in [2.75, 3.05) is 50.4 Å². The van der Waals surface area contributed by atoms with Gasteiger partial charge in [0.15, 0.2) is 5.82 Å². The van der Waals surface area contributed by atoms with Gasteiger partial charge >= 0.3 is 6.18 Å². The molecule has 3 aromatic carbocycles. The minimum atomic E-state index is -4.19. The standard InChI is InChI=1S/C45H50F5N7/c1-4-31-35(46)13-10-27-20-26(2)21-32(37(27)31)38-40(47)42-39(33(22-52-3)41(38)51)43(54-36(53-42)14-17-44-15-6-18-56(44)19-7-16-44)55-24-29-11-12-30(25-55)57(29)23-28-8-5-9-34(28)45(48,49)50/h1,10,13,20-22,28-30,34H,5-9,11-12,14-19,23-25,51H2,2-3H3. The van der Waals surface area contributed by atoms with Crippen LogP contribution in [-0.2, 0) is 6.42 Å². The van der Waals surface area contributed by atoms with Crippen molar-refractivity contribution in [3.8, 4) is 23.5 Å². The summed E-state index contributed by atoms with van der Waals surface area (Å²) in [6, 6.07) is 6.72. The molecule has 300 valence electrons. The number of nitrogens with two attached hydrogens (primary N) is 1. The van der Waals surface area contributed by atoms with Crippen molar-refractivity contribution in [2.24, 2.45) is 16.8 Å². The van der Waals surface area contributed by atoms with Gasteiger partial charge < -0.3 is 10.6 Å². The normalized spacial score (nSPS) is 25.1. The molecule has 2 bridgehead atoms. The average molecular weight is 784 g/mol. The molecular weight excluding hydrogens is 734 g/mol. The predicted molar refractivity (Wildman–Crippen MR) is 217 cm³/mol. The van der Waals surface area contributed by atoms with E-state index in [1.54, 1.807) is 25.4 Å². The molecule has 7 nitrogen and oxygen atoms in total. The van der Waals surface area contributed by atoms with Gasteiger partial charge in [0.05, 0.1) is 22.6 Å². The second kappa shape index (κ2) is 14.5. The molecular formula is C45H50F5N7. The summed E-state index contributed by atoms with van der Waals surface area (Å²) in [5.41, 5.74) is 9.15. The van der Waals surface area contributed by atoms with Crippen LogP contribution < -0.4 is 10.6 Å². The summed E-state index contributed by atoms with van der Waals surface area (Å²) < 4.78 is 75.1. The summed E-state index contributed by atoms with van der Waals surface area (Å²) in [5.74, 6) is 0.727. The first kappa shape index (κ1) is 38.2. The summed E-state index contributed by atoms with van der Waals surface area (Å²) in [7, 11) is 1.63. The number of hydrogen-bond acceptors (Lipinski definition) is 7. The van der Waals surface area contributed by atoms with Gasteiger partial charge in [0.2, 0.25) is 0 Å². The van der Waals surface area contributed by atoms with E-state index >= 15 is 8.78 Å². The van der Waals surface area contributed by atoms with E-state index in [0.29, 0.717) is 77.8 Å². The number of aliphatic imine (C=N–C) groups is 1. The predicted octanol–water partition coefficient (Wildman–Crippen LogP) is 8.84. The summed E-state index contributed by atoms with van der Waals surface area (Å²) in [6.45, 7) is 5.59. The molecule has 4 unspecified atom stereocenters. The van der Waals surface area contributed by atoms with Crippen LogP contribution in [0.15, 0.2) is 29.3 Å². The van der Waals surface area contributed by atoms with Crippen LogP contribution in [0.1, 0.15) is 86.7 Å². The molecule has 0 amide bonds. The quantitative estimate of drug-likeness (QED) is 0.0834. The lowest BCUT2D eigenvalue weighted by Crippen LogP contribution is -2.55. The Labute approximate surface area is 330 Å². The van der Waals surface area contributed by atoms with E-state index in [0.717, 1.165) is 63.6 Å². The van der Waals surface area contributed by atoms with Crippen molar-refractivity contribution in [1.29, 1.82) is 0 Å². The molecule has 4 aliphatic heterocycles. The molecule has 1 aromatic heterocycles. The Bertz CT molecular complexity index is 2290. The number of fused-ring (bicyclic) bond motifs is 5. The van der Waals surface area contributed by atoms with Crippen molar-refractivity contribution in [3.63, 3.8) is 0 Å². The van der Waals surface area contributed by atoms with Gasteiger partial charge in [0, 0.05) is 73.5 Å². The molecule has 5 heterocycles. The molecule has 0 radical (unpaired) electrons. The summed E-state index contributed by atoms with van der Waals surface area (Å²) in [4.78, 5) is 21.8. The Kier molecular flexibility index (Phi) is 9.71. The molecule has 1 aliphatic carbocycles. The number of benzene rings is 3. The van der Waals surface area contributed by atoms with Gasteiger partial charge in [-0.1, -0.05) is 30.5 Å². The Hall–Kier alpha value is -4.34. The lowest BCUT2D eigenvalue weighted by atomic mass is 9.88. The average Bonchev–Trinajstić information content (AvgIpc) is 3.95. The largest absolute Gasteiger partial charge is 0.398 e. The second-order valence-electron chi connectivity index (χ2n) is 17.3. The number of aryl methyl sites for hydroxylation is 2. The number of aromatic nitrogens is 2. The van der Waals surface area contributed by atoms with Crippen molar-refractivity contribution < 1.29 is 22.0 Å². The lowest BCUT2D eigenvalue weighted by molar-refractivity contribution is -0.185. The SMILES string of the molecule is C#Cc1c(F)ccc2cc(C)cc(-c3c(N)c(C=NC)c4c(N5CC6CCC(C5)N6CC5CCCC5C(F)(F)F)nc(CCC56CCCN5CCC6)nc4c3F)c12. The molecule has 4 saturated heterocycles. The van der Waals surface area contributed by atoms with Crippen LogP contribution in [0.2, 0.25) is 0 Å². The van der Waals surface area contributed by atoms with Crippen LogP contribution in [0.3, 0.4) is 0 Å². The Morgan fingerprint density at radius 2 is 1.74 bits per heavy atom. The fourth-order valence-corrected chi connectivity index (χ4v) is 11.6. The van der Waals surface area contributed by atoms with Crippen LogP contribution in [0.25, 0.3) is 32.8 Å². The number of anilines is 2. The summed E-state index contributed by atoms with van der Waals surface area (Å²) in [6.07, 6.45) is 12.4. The highest BCUT2D eigenvalue weighted by Crippen LogP contribution is 2.48. The first-order valence-electron chi connectivity index (χ1n) is 20.7. The zero-order valence-corrected chi connectivity index (χ0v) is 32.7. The smallest absolute Gasteiger partial charge is 0.392 e. The highest BCUT2D eigenvalue weighted by Gasteiger charge is 2.50. The minimum Gasteiger partial charge on any atom is -0.398 e. The highest BCUT2D eigenvalue weighted by atomic mass is 19.4. The fourth-order valence-electron chi connectivity index (χ4n) is 11.6. The number of nitrogen functional groups attached to an aromatic ring is 1. The fraction of sp³-hybridized carbons (Fsp3) is 0.533. The monoisotopic (exact) mass is 783 g/mol. The zero-order valence-electron chi connectivity index (χ0n) is 32.7. The first-order valence-corrected chi connectivity index (χ1v) is 20.7. The number of alkyl halides is 3. The van der Waals surface area contributed by atoms with Crippen LogP contribution in [0.5, 0.6) is 0 Å². The van der Waals surface area contributed by atoms with Crippen molar-refractivity contribution in [1.82, 2.24) is 19.8 Å². The van der Waals surface area contributed by atoms with Crippen molar-refractivity contribution in [3.05, 3.63) is 58.4 Å². The van der Waals surface area contributed by atoms with E-state index < -0.39 is 29.6 Å². The van der Waals surface area contributed by atoms with Gasteiger partial charge in [-0.3, -0.25) is 14.8 Å². The molecule has 0 spiro atoms. The Morgan fingerprint density at radius 1 is 1.00 bits per heavy atom. The molecule has 4 atom stereocenters. The van der Waals surface area contributed by atoms with Gasteiger partial charge in [-0.25, -0.2) is 18.7 Å². The molecule has 9 rings (SSSR count). The van der Waals surface area contributed by atoms with Crippen LogP contribution in [-0.4, -0.2) is 89.6 Å². The second-order valence-corrected chi connectivity index (χ2v) is 17.3. The number of rotatable bonds is 8. The number of hydrogen-bond donors (Lipinski definition) is 1. The maximum Gasteiger partial charge on any atom is 0.392 e. The van der Waals surface area contributed by atoms with E-state index in [9.17, 15) is 13.2 Å². The number of piperazine rings is 1. The molecule has 57 heavy (non-hydrogen) atoms. The minimum absolute atomic E-state index is 0.0283. The van der Waals surface area contributed by atoms with Crippen molar-refractivity contribution >= 4 is 39.4 Å². The van der Waals surface area contributed by atoms with Crippen LogP contribution in [0.4, 0.5) is 33.5 Å². The van der Waals surface area contributed by atoms with E-state index in [1.165, 1.54) is 6.07 Å². The molecule has 4 aromatic rings. The number of halogens is 5. The van der Waals surface area contributed by atoms with Crippen molar-refractivity contribution in [2.45, 2.75) is 101 Å². The number of terminal acetylenes is 1. The molecule has 5 aliphatic rings. The van der Waals surface area contributed by atoms with Crippen LogP contribution >= 0.6 is 0 Å². The Balaban J connectivity index is 1.19. The number of nitrogens with zero attached hydrogens (tertiary/aromatic N) is 6. The molecule has 12 heteroatoms. The van der Waals surface area contributed by atoms with E-state index in [-0.39, 0.29) is 46.4 Å². The third kappa shape index (κ3) is 6.44. The van der Waals surface area contributed by atoms with Gasteiger partial charge in [-0.15, -0.1) is 6.42 Å². The molecule has 2 N–H and O–H groups in total. The van der Waals surface area contributed by atoms with E-state index in [4.69, 9.17) is 22.1 Å². The lowest BCUT2D eigenvalue weighted by Gasteiger charge is -2.43. The Morgan fingerprint density at radius 3 is 2.42 bits per heavy atom. The third-order valence-electron chi connectivity index (χ3n) is 14.2. The summed E-state index contributed by atoms with van der Waals surface area (Å²) in [5, 5.41) is 1.51. The van der Waals surface area contributed by atoms with Gasteiger partial charge in [0.25, 0.3) is 0 Å². The third-order valence-corrected chi connectivity index (χ3v) is 14.2. The van der Waals surface area contributed by atoms with E-state index in [2.05, 4.69) is 25.6 Å². The zero-order chi connectivity index (χ0) is 39.8. The maximum atomic E-state index is 17.8. The first-order chi connectivity index (χ1) is 27.4. The van der Waals surface area contributed by atoms with Gasteiger partial charge in [-0.05, 0) is 106 Å². The summed E-state index contributed by atoms with van der Waals surface area (Å²) >= 11 is 0. The molecule has 5 fully saturated rings. The van der Waals surface area contributed by atoms with Gasteiger partial charge in [0.1, 0.15) is 23.0 Å².